The SMILES string of the molecule is COCCC(C)SCCC(=O)O. The maximum absolute atomic E-state index is 10.2. The van der Waals surface area contributed by atoms with Gasteiger partial charge in [-0.1, -0.05) is 6.92 Å². The Morgan fingerprint density at radius 3 is 2.83 bits per heavy atom. The van der Waals surface area contributed by atoms with Crippen molar-refractivity contribution >= 4 is 17.7 Å². The molecule has 0 rings (SSSR count). The molecular weight excluding hydrogens is 176 g/mol. The van der Waals surface area contributed by atoms with Gasteiger partial charge in [0.2, 0.25) is 0 Å². The van der Waals surface area contributed by atoms with Crippen molar-refractivity contribution in [3.63, 3.8) is 0 Å². The molecule has 0 amide bonds. The Kier molecular flexibility index (Phi) is 7.29. The largest absolute Gasteiger partial charge is 0.481 e. The van der Waals surface area contributed by atoms with E-state index in [-0.39, 0.29) is 6.42 Å². The lowest BCUT2D eigenvalue weighted by Crippen LogP contribution is -2.04. The molecule has 0 radical (unpaired) electrons. The smallest absolute Gasteiger partial charge is 0.304 e. The first kappa shape index (κ1) is 11.8. The molecule has 0 aromatic rings. The van der Waals surface area contributed by atoms with E-state index < -0.39 is 5.97 Å². The van der Waals surface area contributed by atoms with Gasteiger partial charge in [-0.25, -0.2) is 0 Å². The summed E-state index contributed by atoms with van der Waals surface area (Å²) in [6.07, 6.45) is 1.24. The highest BCUT2D eigenvalue weighted by Gasteiger charge is 2.03. The molecule has 0 aliphatic heterocycles. The summed E-state index contributed by atoms with van der Waals surface area (Å²) in [4.78, 5) is 10.2. The summed E-state index contributed by atoms with van der Waals surface area (Å²) in [5.74, 6) is -0.0262. The molecule has 0 aromatic heterocycles. The second-order valence-corrected chi connectivity index (χ2v) is 4.15. The van der Waals surface area contributed by atoms with Gasteiger partial charge in [0.05, 0.1) is 6.42 Å². The number of methoxy groups -OCH3 is 1. The van der Waals surface area contributed by atoms with E-state index in [0.29, 0.717) is 11.0 Å². The molecule has 0 fully saturated rings. The van der Waals surface area contributed by atoms with Crippen molar-refractivity contribution in [2.75, 3.05) is 19.5 Å². The van der Waals surface area contributed by atoms with E-state index in [1.807, 2.05) is 0 Å². The zero-order chi connectivity index (χ0) is 9.40. The summed E-state index contributed by atoms with van der Waals surface area (Å²) in [7, 11) is 1.68. The zero-order valence-corrected chi connectivity index (χ0v) is 8.39. The predicted octanol–water partition coefficient (Wildman–Crippen LogP) is 1.62. The monoisotopic (exact) mass is 192 g/mol. The fraction of sp³-hybridized carbons (Fsp3) is 0.875. The van der Waals surface area contributed by atoms with Crippen molar-refractivity contribution in [3.05, 3.63) is 0 Å². The van der Waals surface area contributed by atoms with Crippen LogP contribution in [0.2, 0.25) is 0 Å². The molecule has 12 heavy (non-hydrogen) atoms. The van der Waals surface area contributed by atoms with E-state index in [4.69, 9.17) is 9.84 Å². The standard InChI is InChI=1S/C8H16O3S/c1-7(3-5-11-2)12-6-4-8(9)10/h7H,3-6H2,1-2H3,(H,9,10). The van der Waals surface area contributed by atoms with Crippen LogP contribution in [0.15, 0.2) is 0 Å². The van der Waals surface area contributed by atoms with E-state index in [0.717, 1.165) is 13.0 Å². The lowest BCUT2D eigenvalue weighted by atomic mass is 10.3. The third kappa shape index (κ3) is 7.88. The van der Waals surface area contributed by atoms with E-state index in [1.54, 1.807) is 18.9 Å². The molecule has 0 aliphatic rings. The van der Waals surface area contributed by atoms with Gasteiger partial charge in [0, 0.05) is 24.7 Å². The first-order valence-electron chi connectivity index (χ1n) is 3.99. The molecule has 0 saturated heterocycles. The summed E-state index contributed by atoms with van der Waals surface area (Å²) in [5.41, 5.74) is 0. The summed E-state index contributed by atoms with van der Waals surface area (Å²) < 4.78 is 4.91. The van der Waals surface area contributed by atoms with Crippen LogP contribution in [0.1, 0.15) is 19.8 Å². The summed E-state index contributed by atoms with van der Waals surface area (Å²) in [6, 6.07) is 0. The maximum atomic E-state index is 10.2. The van der Waals surface area contributed by atoms with Crippen LogP contribution >= 0.6 is 11.8 Å². The van der Waals surface area contributed by atoms with Crippen LogP contribution in [-0.2, 0) is 9.53 Å². The van der Waals surface area contributed by atoms with Crippen LogP contribution in [0.3, 0.4) is 0 Å². The van der Waals surface area contributed by atoms with Gasteiger partial charge in [0.15, 0.2) is 0 Å². The topological polar surface area (TPSA) is 46.5 Å². The van der Waals surface area contributed by atoms with Gasteiger partial charge in [0.1, 0.15) is 0 Å². The first-order valence-corrected chi connectivity index (χ1v) is 5.04. The number of carbonyl (C=O) groups is 1. The lowest BCUT2D eigenvalue weighted by molar-refractivity contribution is -0.136. The van der Waals surface area contributed by atoms with Crippen LogP contribution in [0.5, 0.6) is 0 Å². The minimum absolute atomic E-state index is 0.252. The molecular formula is C8H16O3S. The Morgan fingerprint density at radius 2 is 2.33 bits per heavy atom. The van der Waals surface area contributed by atoms with Gasteiger partial charge < -0.3 is 9.84 Å². The molecule has 72 valence electrons. The maximum Gasteiger partial charge on any atom is 0.304 e. The summed E-state index contributed by atoms with van der Waals surface area (Å²) in [5, 5.41) is 8.85. The van der Waals surface area contributed by atoms with E-state index in [9.17, 15) is 4.79 Å². The lowest BCUT2D eigenvalue weighted by Gasteiger charge is -2.08. The Balaban J connectivity index is 3.19. The molecule has 0 bridgehead atoms. The number of rotatable bonds is 7. The minimum Gasteiger partial charge on any atom is -0.481 e. The molecule has 4 heteroatoms. The molecule has 0 spiro atoms. The highest BCUT2D eigenvalue weighted by Crippen LogP contribution is 2.14. The Labute approximate surface area is 77.5 Å². The number of thioether (sulfide) groups is 1. The Hall–Kier alpha value is -0.220. The fourth-order valence-corrected chi connectivity index (χ4v) is 1.67. The van der Waals surface area contributed by atoms with E-state index in [1.165, 1.54) is 0 Å². The molecule has 1 N–H and O–H groups in total. The Bertz CT molecular complexity index is 127. The molecule has 1 unspecified atom stereocenters. The summed E-state index contributed by atoms with van der Waals surface area (Å²) in [6.45, 7) is 2.84. The fourth-order valence-electron chi connectivity index (χ4n) is 0.715. The first-order chi connectivity index (χ1) is 5.66. The number of hydrogen-bond donors (Lipinski definition) is 1. The second-order valence-electron chi connectivity index (χ2n) is 2.61. The number of ether oxygens (including phenoxy) is 1. The predicted molar refractivity (Wildman–Crippen MR) is 50.7 cm³/mol. The number of carboxylic acids is 1. The highest BCUT2D eigenvalue weighted by atomic mass is 32.2. The van der Waals surface area contributed by atoms with Crippen molar-refractivity contribution in [2.45, 2.75) is 25.0 Å². The van der Waals surface area contributed by atoms with Crippen LogP contribution in [-0.4, -0.2) is 35.8 Å². The van der Waals surface area contributed by atoms with Gasteiger partial charge in [-0.3, -0.25) is 4.79 Å². The van der Waals surface area contributed by atoms with Crippen LogP contribution in [0, 0.1) is 0 Å². The third-order valence-corrected chi connectivity index (χ3v) is 2.69. The molecule has 0 aliphatic carbocycles. The average molecular weight is 192 g/mol. The molecule has 0 saturated carbocycles. The molecule has 3 nitrogen and oxygen atoms in total. The van der Waals surface area contributed by atoms with Gasteiger partial charge in [-0.15, -0.1) is 0 Å². The third-order valence-electron chi connectivity index (χ3n) is 1.45. The number of hydrogen-bond acceptors (Lipinski definition) is 3. The minimum atomic E-state index is -0.721. The quantitative estimate of drug-likeness (QED) is 0.666. The Morgan fingerprint density at radius 1 is 1.67 bits per heavy atom. The van der Waals surface area contributed by atoms with Gasteiger partial charge >= 0.3 is 5.97 Å². The summed E-state index contributed by atoms with van der Waals surface area (Å²) >= 11 is 1.68. The normalized spacial score (nSPS) is 12.8. The van der Waals surface area contributed by atoms with E-state index >= 15 is 0 Å². The second kappa shape index (κ2) is 7.43. The van der Waals surface area contributed by atoms with E-state index in [2.05, 4.69) is 6.92 Å². The zero-order valence-electron chi connectivity index (χ0n) is 7.58. The number of aliphatic carboxylic acids is 1. The molecule has 0 heterocycles. The number of carboxylic acid groups (broad SMARTS) is 1. The van der Waals surface area contributed by atoms with Gasteiger partial charge in [-0.05, 0) is 6.42 Å². The van der Waals surface area contributed by atoms with Crippen molar-refractivity contribution in [3.8, 4) is 0 Å². The van der Waals surface area contributed by atoms with Gasteiger partial charge in [-0.2, -0.15) is 11.8 Å². The van der Waals surface area contributed by atoms with Crippen LogP contribution < -0.4 is 0 Å². The van der Waals surface area contributed by atoms with Crippen LogP contribution in [0.25, 0.3) is 0 Å². The average Bonchev–Trinajstić information content (AvgIpc) is 2.00. The van der Waals surface area contributed by atoms with Crippen molar-refractivity contribution in [2.24, 2.45) is 0 Å². The highest BCUT2D eigenvalue weighted by molar-refractivity contribution is 7.99. The van der Waals surface area contributed by atoms with Crippen molar-refractivity contribution in [1.82, 2.24) is 0 Å². The molecule has 1 atom stereocenters. The molecule has 0 aromatic carbocycles. The van der Waals surface area contributed by atoms with Crippen molar-refractivity contribution < 1.29 is 14.6 Å². The van der Waals surface area contributed by atoms with Crippen LogP contribution in [0.4, 0.5) is 0 Å². The van der Waals surface area contributed by atoms with Gasteiger partial charge in [0.25, 0.3) is 0 Å². The van der Waals surface area contributed by atoms with Crippen molar-refractivity contribution in [1.29, 1.82) is 0 Å².